The summed E-state index contributed by atoms with van der Waals surface area (Å²) in [5.41, 5.74) is 3.65. The van der Waals surface area contributed by atoms with Crippen LogP contribution in [0.5, 0.6) is 5.75 Å². The molecule has 0 aliphatic rings. The van der Waals surface area contributed by atoms with E-state index in [2.05, 4.69) is 5.32 Å². The molecular weight excluding hydrogens is 296 g/mol. The summed E-state index contributed by atoms with van der Waals surface area (Å²) in [6.45, 7) is 0. The Kier molecular flexibility index (Phi) is 5.71. The summed E-state index contributed by atoms with van der Waals surface area (Å²) in [5, 5.41) is 11.3. The number of amides is 2. The van der Waals surface area contributed by atoms with Gasteiger partial charge in [-0.3, -0.25) is 14.8 Å². The molecule has 0 heterocycles. The maximum atomic E-state index is 12.2. The Bertz CT molecular complexity index is 683. The van der Waals surface area contributed by atoms with Crippen LogP contribution in [0.1, 0.15) is 22.3 Å². The largest absolute Gasteiger partial charge is 0.497 e. The Balaban J connectivity index is 2.01. The standard InChI is InChI=1S/C17H18N2O4/c1-23-15-8-6-13(7-9-15)17(21)18-14-4-2-3-12(11-14)5-10-16(20)19-22/h2-4,6-9,11,22H,5,10H2,1H3,(H,18,21)(H,19,20). The molecule has 2 aromatic carbocycles. The fraction of sp³-hybridized carbons (Fsp3) is 0.176. The highest BCUT2D eigenvalue weighted by molar-refractivity contribution is 6.04. The van der Waals surface area contributed by atoms with Gasteiger partial charge in [0.25, 0.3) is 5.91 Å². The average molecular weight is 314 g/mol. The van der Waals surface area contributed by atoms with E-state index in [4.69, 9.17) is 9.94 Å². The van der Waals surface area contributed by atoms with Gasteiger partial charge in [0, 0.05) is 17.7 Å². The van der Waals surface area contributed by atoms with Crippen molar-refractivity contribution in [1.29, 1.82) is 0 Å². The molecule has 0 aliphatic heterocycles. The minimum atomic E-state index is -0.447. The lowest BCUT2D eigenvalue weighted by Crippen LogP contribution is -2.18. The van der Waals surface area contributed by atoms with Crippen molar-refractivity contribution >= 4 is 17.5 Å². The molecule has 6 nitrogen and oxygen atoms in total. The van der Waals surface area contributed by atoms with Gasteiger partial charge in [0.15, 0.2) is 0 Å². The minimum Gasteiger partial charge on any atom is -0.497 e. The van der Waals surface area contributed by atoms with Crippen molar-refractivity contribution in [1.82, 2.24) is 5.48 Å². The molecular formula is C17H18N2O4. The van der Waals surface area contributed by atoms with E-state index in [1.54, 1.807) is 55.1 Å². The van der Waals surface area contributed by atoms with Crippen molar-refractivity contribution in [2.75, 3.05) is 12.4 Å². The van der Waals surface area contributed by atoms with E-state index >= 15 is 0 Å². The molecule has 3 N–H and O–H groups in total. The Labute approximate surface area is 134 Å². The Hall–Kier alpha value is -2.86. The summed E-state index contributed by atoms with van der Waals surface area (Å²) in [6, 6.07) is 14.0. The van der Waals surface area contributed by atoms with Gasteiger partial charge in [-0.25, -0.2) is 5.48 Å². The number of benzene rings is 2. The zero-order chi connectivity index (χ0) is 16.7. The van der Waals surface area contributed by atoms with Crippen LogP contribution in [0.4, 0.5) is 5.69 Å². The van der Waals surface area contributed by atoms with Crippen LogP contribution in [0.2, 0.25) is 0 Å². The smallest absolute Gasteiger partial charge is 0.255 e. The lowest BCUT2D eigenvalue weighted by atomic mass is 10.1. The van der Waals surface area contributed by atoms with E-state index in [0.717, 1.165) is 5.56 Å². The highest BCUT2D eigenvalue weighted by atomic mass is 16.5. The highest BCUT2D eigenvalue weighted by Gasteiger charge is 2.07. The van der Waals surface area contributed by atoms with Gasteiger partial charge in [-0.15, -0.1) is 0 Å². The number of methoxy groups -OCH3 is 1. The van der Waals surface area contributed by atoms with Gasteiger partial charge in [-0.2, -0.15) is 0 Å². The molecule has 0 bridgehead atoms. The first-order valence-corrected chi connectivity index (χ1v) is 7.09. The molecule has 0 atom stereocenters. The first-order valence-electron chi connectivity index (χ1n) is 7.09. The third-order valence-corrected chi connectivity index (χ3v) is 3.30. The number of hydroxylamine groups is 1. The number of anilines is 1. The molecule has 6 heteroatoms. The van der Waals surface area contributed by atoms with Crippen molar-refractivity contribution in [3.8, 4) is 5.75 Å². The zero-order valence-corrected chi connectivity index (χ0v) is 12.7. The predicted octanol–water partition coefficient (Wildman–Crippen LogP) is 2.39. The quantitative estimate of drug-likeness (QED) is 0.564. The van der Waals surface area contributed by atoms with Crippen LogP contribution < -0.4 is 15.5 Å². The van der Waals surface area contributed by atoms with E-state index in [1.165, 1.54) is 0 Å². The van der Waals surface area contributed by atoms with Gasteiger partial charge in [-0.1, -0.05) is 12.1 Å². The molecule has 0 aromatic heterocycles. The third-order valence-electron chi connectivity index (χ3n) is 3.30. The van der Waals surface area contributed by atoms with Crippen LogP contribution in [0.3, 0.4) is 0 Å². The molecule has 2 aromatic rings. The number of ether oxygens (including phenoxy) is 1. The number of carbonyl (C=O) groups excluding carboxylic acids is 2. The van der Waals surface area contributed by atoms with Crippen LogP contribution in [0.15, 0.2) is 48.5 Å². The van der Waals surface area contributed by atoms with Crippen LogP contribution in [0, 0.1) is 0 Å². The number of nitrogens with one attached hydrogen (secondary N) is 2. The summed E-state index contributed by atoms with van der Waals surface area (Å²) < 4.78 is 5.06. The Morgan fingerprint density at radius 2 is 1.87 bits per heavy atom. The predicted molar refractivity (Wildman–Crippen MR) is 85.6 cm³/mol. The van der Waals surface area contributed by atoms with E-state index in [9.17, 15) is 9.59 Å². The number of rotatable bonds is 6. The van der Waals surface area contributed by atoms with Gasteiger partial charge >= 0.3 is 0 Å². The zero-order valence-electron chi connectivity index (χ0n) is 12.7. The highest BCUT2D eigenvalue weighted by Crippen LogP contribution is 2.15. The fourth-order valence-electron chi connectivity index (χ4n) is 2.06. The average Bonchev–Trinajstić information content (AvgIpc) is 2.60. The lowest BCUT2D eigenvalue weighted by molar-refractivity contribution is -0.129. The van der Waals surface area contributed by atoms with E-state index < -0.39 is 5.91 Å². The number of hydrogen-bond donors (Lipinski definition) is 3. The van der Waals surface area contributed by atoms with E-state index in [1.807, 2.05) is 6.07 Å². The van der Waals surface area contributed by atoms with Crippen molar-refractivity contribution in [3.63, 3.8) is 0 Å². The van der Waals surface area contributed by atoms with Gasteiger partial charge in [0.05, 0.1) is 7.11 Å². The van der Waals surface area contributed by atoms with Crippen molar-refractivity contribution in [2.45, 2.75) is 12.8 Å². The monoisotopic (exact) mass is 314 g/mol. The van der Waals surface area contributed by atoms with Crippen molar-refractivity contribution < 1.29 is 19.5 Å². The van der Waals surface area contributed by atoms with E-state index in [-0.39, 0.29) is 12.3 Å². The molecule has 0 saturated carbocycles. The normalized spacial score (nSPS) is 10.0. The Morgan fingerprint density at radius 3 is 2.52 bits per heavy atom. The van der Waals surface area contributed by atoms with Crippen LogP contribution in [-0.4, -0.2) is 24.1 Å². The molecule has 0 aliphatic carbocycles. The number of carbonyl (C=O) groups is 2. The molecule has 0 unspecified atom stereocenters. The van der Waals surface area contributed by atoms with Gasteiger partial charge in [-0.05, 0) is 48.4 Å². The maximum absolute atomic E-state index is 12.2. The first-order chi connectivity index (χ1) is 11.1. The Morgan fingerprint density at radius 1 is 1.13 bits per heavy atom. The molecule has 0 spiro atoms. The second-order valence-electron chi connectivity index (χ2n) is 4.92. The maximum Gasteiger partial charge on any atom is 0.255 e. The second-order valence-corrected chi connectivity index (χ2v) is 4.92. The van der Waals surface area contributed by atoms with Crippen molar-refractivity contribution in [2.24, 2.45) is 0 Å². The molecule has 0 saturated heterocycles. The summed E-state index contributed by atoms with van der Waals surface area (Å²) in [4.78, 5) is 23.2. The number of aryl methyl sites for hydroxylation is 1. The molecule has 0 radical (unpaired) electrons. The fourth-order valence-corrected chi connectivity index (χ4v) is 2.06. The van der Waals surface area contributed by atoms with Gasteiger partial charge in [0.2, 0.25) is 5.91 Å². The van der Waals surface area contributed by atoms with E-state index in [0.29, 0.717) is 23.4 Å². The minimum absolute atomic E-state index is 0.173. The molecule has 0 fully saturated rings. The summed E-state index contributed by atoms with van der Waals surface area (Å²) in [5.74, 6) is 0.0151. The number of hydrogen-bond acceptors (Lipinski definition) is 4. The second kappa shape index (κ2) is 7.95. The molecule has 120 valence electrons. The SMILES string of the molecule is COc1ccc(C(=O)Nc2cccc(CCC(=O)NO)c2)cc1. The van der Waals surface area contributed by atoms with Gasteiger partial charge < -0.3 is 10.1 Å². The topological polar surface area (TPSA) is 87.7 Å². The molecule has 2 amide bonds. The lowest BCUT2D eigenvalue weighted by Gasteiger charge is -2.08. The van der Waals surface area contributed by atoms with Crippen LogP contribution in [-0.2, 0) is 11.2 Å². The summed E-state index contributed by atoms with van der Waals surface area (Å²) in [7, 11) is 1.57. The molecule has 2 rings (SSSR count). The third kappa shape index (κ3) is 4.82. The summed E-state index contributed by atoms with van der Waals surface area (Å²) in [6.07, 6.45) is 0.644. The summed E-state index contributed by atoms with van der Waals surface area (Å²) >= 11 is 0. The van der Waals surface area contributed by atoms with Crippen molar-refractivity contribution in [3.05, 3.63) is 59.7 Å². The first kappa shape index (κ1) is 16.5. The van der Waals surface area contributed by atoms with Gasteiger partial charge in [0.1, 0.15) is 5.75 Å². The van der Waals surface area contributed by atoms with Crippen LogP contribution in [0.25, 0.3) is 0 Å². The van der Waals surface area contributed by atoms with Crippen LogP contribution >= 0.6 is 0 Å². The molecule has 23 heavy (non-hydrogen) atoms.